The summed E-state index contributed by atoms with van der Waals surface area (Å²) < 4.78 is 28.7. The van der Waals surface area contributed by atoms with Crippen LogP contribution in [0.1, 0.15) is 99.9 Å². The second-order valence-electron chi connectivity index (χ2n) is 7.25. The van der Waals surface area contributed by atoms with Gasteiger partial charge < -0.3 is 0 Å². The Balaban J connectivity index is 2.04. The first-order valence-electron chi connectivity index (χ1n) is 9.58. The van der Waals surface area contributed by atoms with E-state index in [9.17, 15) is 13.6 Å². The number of benzene rings is 1. The summed E-state index contributed by atoms with van der Waals surface area (Å²) in [7, 11) is 0. The molecule has 24 heavy (non-hydrogen) atoms. The van der Waals surface area contributed by atoms with Crippen molar-refractivity contribution in [1.82, 2.24) is 0 Å². The number of ketones is 1. The highest BCUT2D eigenvalue weighted by atomic mass is 19.1. The van der Waals surface area contributed by atoms with Crippen LogP contribution in [-0.4, -0.2) is 5.78 Å². The van der Waals surface area contributed by atoms with E-state index in [-0.39, 0.29) is 17.9 Å². The van der Waals surface area contributed by atoms with Crippen LogP contribution in [0.5, 0.6) is 0 Å². The maximum absolute atomic E-state index is 14.3. The predicted octanol–water partition coefficient (Wildman–Crippen LogP) is 6.80. The van der Waals surface area contributed by atoms with Gasteiger partial charge in [-0.2, -0.15) is 0 Å². The van der Waals surface area contributed by atoms with Crippen LogP contribution in [0, 0.1) is 17.6 Å². The third kappa shape index (κ3) is 4.87. The van der Waals surface area contributed by atoms with Crippen LogP contribution < -0.4 is 0 Å². The Morgan fingerprint density at radius 2 is 1.58 bits per heavy atom. The van der Waals surface area contributed by atoms with Crippen molar-refractivity contribution in [3.63, 3.8) is 0 Å². The minimum atomic E-state index is -0.681. The molecule has 1 aliphatic carbocycles. The zero-order valence-corrected chi connectivity index (χ0v) is 15.0. The van der Waals surface area contributed by atoms with Gasteiger partial charge in [0.05, 0.1) is 5.56 Å². The van der Waals surface area contributed by atoms with Crippen LogP contribution in [-0.2, 0) is 0 Å². The van der Waals surface area contributed by atoms with E-state index in [4.69, 9.17) is 0 Å². The average Bonchev–Trinajstić information content (AvgIpc) is 2.58. The fourth-order valence-corrected chi connectivity index (χ4v) is 3.83. The normalized spacial score (nSPS) is 21.0. The van der Waals surface area contributed by atoms with Crippen molar-refractivity contribution < 1.29 is 13.6 Å². The van der Waals surface area contributed by atoms with Crippen LogP contribution in [0.15, 0.2) is 12.1 Å². The quantitative estimate of drug-likeness (QED) is 0.477. The first-order valence-corrected chi connectivity index (χ1v) is 9.58. The molecule has 0 saturated heterocycles. The van der Waals surface area contributed by atoms with Crippen LogP contribution in [0.3, 0.4) is 0 Å². The van der Waals surface area contributed by atoms with Crippen molar-refractivity contribution in [3.05, 3.63) is 34.9 Å². The molecule has 0 aromatic heterocycles. The molecular weight excluding hydrogens is 306 g/mol. The molecule has 1 nitrogen and oxygen atoms in total. The Kier molecular flexibility index (Phi) is 7.39. The van der Waals surface area contributed by atoms with E-state index < -0.39 is 17.4 Å². The monoisotopic (exact) mass is 336 g/mol. The van der Waals surface area contributed by atoms with Crippen LogP contribution in [0.4, 0.5) is 8.78 Å². The zero-order chi connectivity index (χ0) is 17.5. The Morgan fingerprint density at radius 1 is 1.00 bits per heavy atom. The maximum Gasteiger partial charge on any atom is 0.168 e. The molecule has 2 rings (SSSR count). The number of hydrogen-bond acceptors (Lipinski definition) is 1. The number of unbranched alkanes of at least 4 members (excludes halogenated alkanes) is 2. The van der Waals surface area contributed by atoms with Gasteiger partial charge >= 0.3 is 0 Å². The molecule has 0 aliphatic heterocycles. The Morgan fingerprint density at radius 3 is 2.12 bits per heavy atom. The molecule has 1 saturated carbocycles. The number of Topliss-reactive ketones (excluding diaryl/α,β-unsaturated/α-hetero) is 1. The van der Waals surface area contributed by atoms with Gasteiger partial charge in [0.15, 0.2) is 5.78 Å². The summed E-state index contributed by atoms with van der Waals surface area (Å²) >= 11 is 0. The van der Waals surface area contributed by atoms with Gasteiger partial charge in [0.25, 0.3) is 0 Å². The molecule has 0 atom stereocenters. The first-order chi connectivity index (χ1) is 11.6. The molecule has 0 N–H and O–H groups in total. The van der Waals surface area contributed by atoms with E-state index >= 15 is 0 Å². The van der Waals surface area contributed by atoms with Crippen molar-refractivity contribution in [2.24, 2.45) is 5.92 Å². The van der Waals surface area contributed by atoms with E-state index in [0.717, 1.165) is 43.6 Å². The Bertz CT molecular complexity index is 522. The summed E-state index contributed by atoms with van der Waals surface area (Å²) in [4.78, 5) is 12.0. The highest BCUT2D eigenvalue weighted by Gasteiger charge is 2.25. The van der Waals surface area contributed by atoms with Crippen molar-refractivity contribution in [2.75, 3.05) is 0 Å². The van der Waals surface area contributed by atoms with Crippen molar-refractivity contribution in [3.8, 4) is 0 Å². The second-order valence-corrected chi connectivity index (χ2v) is 7.25. The lowest BCUT2D eigenvalue weighted by Crippen LogP contribution is -2.15. The van der Waals surface area contributed by atoms with E-state index in [0.29, 0.717) is 6.42 Å². The van der Waals surface area contributed by atoms with Crippen molar-refractivity contribution >= 4 is 5.78 Å². The van der Waals surface area contributed by atoms with Gasteiger partial charge in [0.1, 0.15) is 11.6 Å². The smallest absolute Gasteiger partial charge is 0.168 e. The van der Waals surface area contributed by atoms with Crippen LogP contribution in [0.25, 0.3) is 0 Å². The van der Waals surface area contributed by atoms with E-state index in [1.54, 1.807) is 0 Å². The molecule has 0 heterocycles. The summed E-state index contributed by atoms with van der Waals surface area (Å²) in [6.07, 6.45) is 9.78. The van der Waals surface area contributed by atoms with Gasteiger partial charge in [-0.3, -0.25) is 4.79 Å². The predicted molar refractivity (Wildman–Crippen MR) is 94.4 cm³/mol. The average molecular weight is 336 g/mol. The molecule has 0 bridgehead atoms. The van der Waals surface area contributed by atoms with Crippen molar-refractivity contribution in [1.29, 1.82) is 0 Å². The molecule has 1 aliphatic rings. The third-order valence-electron chi connectivity index (χ3n) is 5.38. The third-order valence-corrected chi connectivity index (χ3v) is 5.38. The highest BCUT2D eigenvalue weighted by Crippen LogP contribution is 2.38. The molecule has 1 aromatic rings. The van der Waals surface area contributed by atoms with Gasteiger partial charge in [-0.25, -0.2) is 8.78 Å². The molecule has 134 valence electrons. The van der Waals surface area contributed by atoms with Crippen LogP contribution >= 0.6 is 0 Å². The van der Waals surface area contributed by atoms with Gasteiger partial charge in [-0.15, -0.1) is 0 Å². The molecule has 0 radical (unpaired) electrons. The largest absolute Gasteiger partial charge is 0.294 e. The summed E-state index contributed by atoms with van der Waals surface area (Å²) in [6, 6.07) is 2.80. The lowest BCUT2D eigenvalue weighted by molar-refractivity contribution is 0.0971. The van der Waals surface area contributed by atoms with E-state index in [2.05, 4.69) is 6.92 Å². The van der Waals surface area contributed by atoms with Crippen molar-refractivity contribution in [2.45, 2.75) is 84.0 Å². The second kappa shape index (κ2) is 9.29. The summed E-state index contributed by atoms with van der Waals surface area (Å²) in [5, 5.41) is 0. The molecule has 3 heteroatoms. The van der Waals surface area contributed by atoms with Crippen LogP contribution in [0.2, 0.25) is 0 Å². The molecule has 1 fully saturated rings. The van der Waals surface area contributed by atoms with Gasteiger partial charge in [0, 0.05) is 6.42 Å². The minimum absolute atomic E-state index is 0.215. The summed E-state index contributed by atoms with van der Waals surface area (Å²) in [5.41, 5.74) is 0.384. The Hall–Kier alpha value is -1.25. The maximum atomic E-state index is 14.3. The minimum Gasteiger partial charge on any atom is -0.294 e. The number of hydrogen-bond donors (Lipinski definition) is 0. The summed E-state index contributed by atoms with van der Waals surface area (Å²) in [6.45, 7) is 4.17. The number of halogens is 2. The lowest BCUT2D eigenvalue weighted by Gasteiger charge is -2.29. The van der Waals surface area contributed by atoms with Gasteiger partial charge in [-0.1, -0.05) is 39.5 Å². The Labute approximate surface area is 144 Å². The number of carbonyl (C=O) groups excluding carboxylic acids is 1. The molecule has 0 spiro atoms. The van der Waals surface area contributed by atoms with E-state index in [1.165, 1.54) is 31.4 Å². The number of carbonyl (C=O) groups is 1. The van der Waals surface area contributed by atoms with E-state index in [1.807, 2.05) is 6.92 Å². The standard InChI is InChI=1S/C21H30F2O/c1-3-5-7-15-9-11-16(12-10-15)17-13-18(22)21(19(23)14-17)20(24)8-6-4-2/h13-16H,3-12H2,1-2H3/t15-,16-. The molecule has 0 amide bonds. The van der Waals surface area contributed by atoms with Gasteiger partial charge in [-0.05, 0) is 61.6 Å². The first kappa shape index (κ1) is 19.1. The lowest BCUT2D eigenvalue weighted by atomic mass is 9.77. The topological polar surface area (TPSA) is 17.1 Å². The molecule has 1 aromatic carbocycles. The molecule has 0 unspecified atom stereocenters. The highest BCUT2D eigenvalue weighted by molar-refractivity contribution is 5.96. The van der Waals surface area contributed by atoms with Gasteiger partial charge in [0.2, 0.25) is 0 Å². The zero-order valence-electron chi connectivity index (χ0n) is 15.0. The fraction of sp³-hybridized carbons (Fsp3) is 0.667. The fourth-order valence-electron chi connectivity index (χ4n) is 3.83. The SMILES string of the molecule is CCCCC(=O)c1c(F)cc([C@H]2CC[C@H](CCCC)CC2)cc1F. The molecular formula is C21H30F2O. The summed E-state index contributed by atoms with van der Waals surface area (Å²) in [5.74, 6) is -0.780. The number of rotatable bonds is 8.